The lowest BCUT2D eigenvalue weighted by Gasteiger charge is -2.07. The van der Waals surface area contributed by atoms with E-state index in [1.54, 1.807) is 0 Å². The summed E-state index contributed by atoms with van der Waals surface area (Å²) >= 11 is 0. The van der Waals surface area contributed by atoms with Crippen molar-refractivity contribution in [2.45, 2.75) is 13.8 Å². The van der Waals surface area contributed by atoms with Gasteiger partial charge < -0.3 is 5.32 Å². The van der Waals surface area contributed by atoms with Crippen LogP contribution in [-0.2, 0) is 0 Å². The Kier molecular flexibility index (Phi) is 1.93. The van der Waals surface area contributed by atoms with Gasteiger partial charge >= 0.3 is 0 Å². The Morgan fingerprint density at radius 1 is 1.08 bits per heavy atom. The monoisotopic (exact) mass is 171 g/mol. The van der Waals surface area contributed by atoms with Crippen LogP contribution in [0.4, 0.5) is 5.69 Å². The smallest absolute Gasteiger partial charge is 0.0456 e. The van der Waals surface area contributed by atoms with E-state index in [0.717, 1.165) is 0 Å². The second-order valence-corrected chi connectivity index (χ2v) is 3.33. The standard InChI is InChI=1S/C12H13N/c1-9-7-8-13-12-6-4-3-5-11(12)10(9)2/h3-8,13H,1-2H3. The van der Waals surface area contributed by atoms with Crippen LogP contribution in [0.2, 0.25) is 0 Å². The number of fused-ring (bicyclic) bond motifs is 1. The van der Waals surface area contributed by atoms with Crippen molar-refractivity contribution < 1.29 is 0 Å². The summed E-state index contributed by atoms with van der Waals surface area (Å²) in [5.41, 5.74) is 5.15. The molecule has 1 aliphatic heterocycles. The summed E-state index contributed by atoms with van der Waals surface area (Å²) in [6, 6.07) is 8.37. The zero-order valence-electron chi connectivity index (χ0n) is 7.96. The molecule has 0 amide bonds. The summed E-state index contributed by atoms with van der Waals surface area (Å²) in [7, 11) is 0. The molecule has 1 heteroatoms. The Hall–Kier alpha value is -1.50. The minimum atomic E-state index is 1.19. The van der Waals surface area contributed by atoms with Crippen LogP contribution in [0.3, 0.4) is 0 Å². The van der Waals surface area contributed by atoms with E-state index in [2.05, 4.69) is 43.4 Å². The molecule has 0 unspecified atom stereocenters. The molecule has 1 aromatic rings. The molecule has 0 bridgehead atoms. The van der Waals surface area contributed by atoms with Gasteiger partial charge in [-0.3, -0.25) is 0 Å². The average molecular weight is 171 g/mol. The predicted molar refractivity (Wildman–Crippen MR) is 57.5 cm³/mol. The SMILES string of the molecule is CC1=C(C)c2ccccc2NC=C1. The molecule has 1 N–H and O–H groups in total. The van der Waals surface area contributed by atoms with Crippen LogP contribution in [0.15, 0.2) is 42.1 Å². The highest BCUT2D eigenvalue weighted by molar-refractivity contribution is 5.80. The van der Waals surface area contributed by atoms with Gasteiger partial charge in [0.2, 0.25) is 0 Å². The highest BCUT2D eigenvalue weighted by Crippen LogP contribution is 2.28. The molecule has 66 valence electrons. The van der Waals surface area contributed by atoms with Crippen LogP contribution in [0.5, 0.6) is 0 Å². The largest absolute Gasteiger partial charge is 0.361 e. The Morgan fingerprint density at radius 2 is 1.85 bits per heavy atom. The summed E-state index contributed by atoms with van der Waals surface area (Å²) in [5, 5.41) is 3.26. The summed E-state index contributed by atoms with van der Waals surface area (Å²) < 4.78 is 0. The minimum absolute atomic E-state index is 1.19. The quantitative estimate of drug-likeness (QED) is 0.630. The van der Waals surface area contributed by atoms with Crippen LogP contribution in [0.25, 0.3) is 5.57 Å². The molecule has 0 spiro atoms. The normalized spacial score (nSPS) is 14.9. The lowest BCUT2D eigenvalue weighted by Crippen LogP contribution is -1.89. The molecule has 1 aliphatic rings. The van der Waals surface area contributed by atoms with E-state index < -0.39 is 0 Å². The van der Waals surface area contributed by atoms with Gasteiger partial charge in [-0.2, -0.15) is 0 Å². The van der Waals surface area contributed by atoms with Crippen LogP contribution < -0.4 is 5.32 Å². The number of anilines is 1. The third kappa shape index (κ3) is 1.37. The van der Waals surface area contributed by atoms with Crippen molar-refractivity contribution in [1.29, 1.82) is 0 Å². The molecule has 0 aromatic heterocycles. The van der Waals surface area contributed by atoms with Gasteiger partial charge in [-0.25, -0.2) is 0 Å². The van der Waals surface area contributed by atoms with Gasteiger partial charge in [-0.15, -0.1) is 0 Å². The molecule has 0 fully saturated rings. The second-order valence-electron chi connectivity index (χ2n) is 3.33. The van der Waals surface area contributed by atoms with E-state index in [0.29, 0.717) is 0 Å². The van der Waals surface area contributed by atoms with E-state index in [1.807, 2.05) is 12.3 Å². The molecule has 0 saturated carbocycles. The van der Waals surface area contributed by atoms with Gasteiger partial charge in [0, 0.05) is 17.5 Å². The van der Waals surface area contributed by atoms with Gasteiger partial charge in [-0.05, 0) is 37.1 Å². The first-order valence-electron chi connectivity index (χ1n) is 4.49. The van der Waals surface area contributed by atoms with E-state index in [1.165, 1.54) is 22.4 Å². The topological polar surface area (TPSA) is 12.0 Å². The number of benzene rings is 1. The lowest BCUT2D eigenvalue weighted by atomic mass is 10.0. The molecule has 13 heavy (non-hydrogen) atoms. The molecular formula is C12H13N. The highest BCUT2D eigenvalue weighted by atomic mass is 14.8. The zero-order valence-corrected chi connectivity index (χ0v) is 7.96. The average Bonchev–Trinajstić information content (AvgIpc) is 2.29. The van der Waals surface area contributed by atoms with Crippen LogP contribution in [-0.4, -0.2) is 0 Å². The molecule has 0 radical (unpaired) electrons. The summed E-state index contributed by atoms with van der Waals surface area (Å²) in [6.07, 6.45) is 4.10. The van der Waals surface area contributed by atoms with Crippen molar-refractivity contribution in [1.82, 2.24) is 0 Å². The number of rotatable bonds is 0. The fraction of sp³-hybridized carbons (Fsp3) is 0.167. The van der Waals surface area contributed by atoms with E-state index in [4.69, 9.17) is 0 Å². The van der Waals surface area contributed by atoms with Gasteiger partial charge in [0.05, 0.1) is 0 Å². The molecule has 0 saturated heterocycles. The third-order valence-electron chi connectivity index (χ3n) is 2.49. The van der Waals surface area contributed by atoms with Crippen molar-refractivity contribution >= 4 is 11.3 Å². The van der Waals surface area contributed by atoms with Crippen molar-refractivity contribution in [3.8, 4) is 0 Å². The maximum absolute atomic E-state index is 3.26. The Labute approximate surface area is 78.8 Å². The number of allylic oxidation sites excluding steroid dienone is 3. The summed E-state index contributed by atoms with van der Waals surface area (Å²) in [6.45, 7) is 4.29. The minimum Gasteiger partial charge on any atom is -0.361 e. The maximum atomic E-state index is 3.26. The molecular weight excluding hydrogens is 158 g/mol. The molecule has 1 nitrogen and oxygen atoms in total. The number of para-hydroxylation sites is 1. The summed E-state index contributed by atoms with van der Waals surface area (Å²) in [4.78, 5) is 0. The Morgan fingerprint density at radius 3 is 2.69 bits per heavy atom. The first-order valence-corrected chi connectivity index (χ1v) is 4.49. The second kappa shape index (κ2) is 3.09. The lowest BCUT2D eigenvalue weighted by molar-refractivity contribution is 1.48. The van der Waals surface area contributed by atoms with E-state index in [9.17, 15) is 0 Å². The Bertz CT molecular complexity index is 386. The van der Waals surface area contributed by atoms with Gasteiger partial charge in [0.1, 0.15) is 0 Å². The van der Waals surface area contributed by atoms with Crippen LogP contribution in [0, 0.1) is 0 Å². The third-order valence-corrected chi connectivity index (χ3v) is 2.49. The number of hydrogen-bond donors (Lipinski definition) is 1. The van der Waals surface area contributed by atoms with Crippen LogP contribution in [0.1, 0.15) is 19.4 Å². The fourth-order valence-corrected chi connectivity index (χ4v) is 1.53. The van der Waals surface area contributed by atoms with Crippen molar-refractivity contribution in [3.05, 3.63) is 47.7 Å². The molecule has 1 heterocycles. The van der Waals surface area contributed by atoms with Crippen molar-refractivity contribution in [3.63, 3.8) is 0 Å². The predicted octanol–water partition coefficient (Wildman–Crippen LogP) is 3.42. The van der Waals surface area contributed by atoms with E-state index >= 15 is 0 Å². The number of hydrogen-bond acceptors (Lipinski definition) is 1. The number of nitrogens with one attached hydrogen (secondary N) is 1. The van der Waals surface area contributed by atoms with Crippen molar-refractivity contribution in [2.75, 3.05) is 5.32 Å². The van der Waals surface area contributed by atoms with Gasteiger partial charge in [0.25, 0.3) is 0 Å². The first kappa shape index (κ1) is 8.11. The van der Waals surface area contributed by atoms with Crippen molar-refractivity contribution in [2.24, 2.45) is 0 Å². The van der Waals surface area contributed by atoms with Gasteiger partial charge in [-0.1, -0.05) is 18.2 Å². The first-order chi connectivity index (χ1) is 6.29. The zero-order chi connectivity index (χ0) is 9.26. The molecule has 0 aliphatic carbocycles. The van der Waals surface area contributed by atoms with Gasteiger partial charge in [0.15, 0.2) is 0 Å². The maximum Gasteiger partial charge on any atom is 0.0456 e. The molecule has 0 atom stereocenters. The highest BCUT2D eigenvalue weighted by Gasteiger charge is 2.06. The molecule has 2 rings (SSSR count). The van der Waals surface area contributed by atoms with Crippen LogP contribution >= 0.6 is 0 Å². The fourth-order valence-electron chi connectivity index (χ4n) is 1.53. The van der Waals surface area contributed by atoms with E-state index in [-0.39, 0.29) is 0 Å². The Balaban J connectivity index is 2.63. The summed E-state index contributed by atoms with van der Waals surface area (Å²) in [5.74, 6) is 0. The molecule has 1 aromatic carbocycles.